The average molecular weight is 308 g/mol. The minimum absolute atomic E-state index is 0.261. The lowest BCUT2D eigenvalue weighted by Gasteiger charge is -2.30. The van der Waals surface area contributed by atoms with Crippen LogP contribution in [-0.2, 0) is 11.2 Å². The number of hydrogen-bond acceptors (Lipinski definition) is 3. The summed E-state index contributed by atoms with van der Waals surface area (Å²) in [7, 11) is 0. The second-order valence-corrected chi connectivity index (χ2v) is 7.69. The Morgan fingerprint density at radius 2 is 2.14 bits per heavy atom. The van der Waals surface area contributed by atoms with Crippen LogP contribution in [0.5, 0.6) is 0 Å². The van der Waals surface area contributed by atoms with Crippen molar-refractivity contribution in [2.75, 3.05) is 18.9 Å². The summed E-state index contributed by atoms with van der Waals surface area (Å²) in [5.74, 6) is 1.17. The molecule has 1 aromatic carbocycles. The lowest BCUT2D eigenvalue weighted by molar-refractivity contribution is 0.0311. The van der Waals surface area contributed by atoms with Gasteiger partial charge in [-0.05, 0) is 42.2 Å². The van der Waals surface area contributed by atoms with Crippen molar-refractivity contribution in [2.45, 2.75) is 57.4 Å². The number of benzene rings is 1. The third-order valence-electron chi connectivity index (χ3n) is 3.90. The fourth-order valence-corrected chi connectivity index (χ4v) is 3.67. The first-order valence-corrected chi connectivity index (χ1v) is 9.30. The molecule has 1 aromatic rings. The minimum Gasteiger partial charge on any atom is -0.373 e. The summed E-state index contributed by atoms with van der Waals surface area (Å²) in [5, 5.41) is 4.39. The normalized spacial score (nSPS) is 19.5. The maximum absolute atomic E-state index is 6.07. The smallest absolute Gasteiger partial charge is 0.0842 e. The van der Waals surface area contributed by atoms with Gasteiger partial charge in [0.2, 0.25) is 0 Å². The first-order valence-electron chi connectivity index (χ1n) is 8.25. The molecule has 0 fully saturated rings. The van der Waals surface area contributed by atoms with E-state index in [1.165, 1.54) is 23.3 Å². The molecule has 3 heteroatoms. The molecule has 0 aromatic heterocycles. The summed E-state index contributed by atoms with van der Waals surface area (Å²) in [6.07, 6.45) is 3.58. The fraction of sp³-hybridized carbons (Fsp3) is 0.667. The highest BCUT2D eigenvalue weighted by Gasteiger charge is 2.24. The van der Waals surface area contributed by atoms with E-state index in [0.29, 0.717) is 11.3 Å². The zero-order valence-electron chi connectivity index (χ0n) is 13.6. The van der Waals surface area contributed by atoms with Gasteiger partial charge in [-0.3, -0.25) is 0 Å². The summed E-state index contributed by atoms with van der Waals surface area (Å²) >= 11 is 2.04. The van der Waals surface area contributed by atoms with Gasteiger partial charge in [0.15, 0.2) is 0 Å². The zero-order valence-corrected chi connectivity index (χ0v) is 14.4. The second kappa shape index (κ2) is 8.82. The van der Waals surface area contributed by atoms with Crippen molar-refractivity contribution < 1.29 is 4.74 Å². The van der Waals surface area contributed by atoms with Gasteiger partial charge in [-0.1, -0.05) is 45.0 Å². The molecule has 0 aliphatic carbocycles. The van der Waals surface area contributed by atoms with E-state index in [4.69, 9.17) is 4.74 Å². The molecular weight excluding hydrogens is 278 g/mol. The molecule has 2 atom stereocenters. The molecular formula is C18H29NOS. The topological polar surface area (TPSA) is 21.3 Å². The molecule has 0 spiro atoms. The molecule has 2 unspecified atom stereocenters. The van der Waals surface area contributed by atoms with Gasteiger partial charge < -0.3 is 10.1 Å². The summed E-state index contributed by atoms with van der Waals surface area (Å²) in [5.41, 5.74) is 2.88. The van der Waals surface area contributed by atoms with Crippen LogP contribution in [0, 0.1) is 0 Å². The van der Waals surface area contributed by atoms with E-state index in [-0.39, 0.29) is 6.10 Å². The lowest BCUT2D eigenvalue weighted by atomic mass is 9.94. The Morgan fingerprint density at radius 1 is 1.33 bits per heavy atom. The summed E-state index contributed by atoms with van der Waals surface area (Å²) in [4.78, 5) is 0. The van der Waals surface area contributed by atoms with Gasteiger partial charge in [0.25, 0.3) is 0 Å². The number of nitrogens with one attached hydrogen (secondary N) is 1. The molecule has 2 nitrogen and oxygen atoms in total. The molecule has 1 aliphatic rings. The molecule has 1 aliphatic heterocycles. The predicted octanol–water partition coefficient (Wildman–Crippen LogP) is 4.20. The van der Waals surface area contributed by atoms with Gasteiger partial charge in [-0.2, -0.15) is 11.8 Å². The van der Waals surface area contributed by atoms with Gasteiger partial charge in [-0.25, -0.2) is 0 Å². The molecule has 0 bridgehead atoms. The van der Waals surface area contributed by atoms with Gasteiger partial charge in [0, 0.05) is 11.8 Å². The second-order valence-electron chi connectivity index (χ2n) is 6.08. The molecule has 2 rings (SSSR count). The number of ether oxygens (including phenoxy) is 1. The number of fused-ring (bicyclic) bond motifs is 1. The Kier molecular flexibility index (Phi) is 7.08. The molecule has 0 radical (unpaired) electrons. The SMILES string of the molecule is CCCNC(CSC(C)C)CC1OCCc2ccccc21. The van der Waals surface area contributed by atoms with E-state index in [0.717, 1.165) is 26.0 Å². The minimum atomic E-state index is 0.261. The van der Waals surface area contributed by atoms with Crippen molar-refractivity contribution in [1.29, 1.82) is 0 Å². The number of hydrogen-bond donors (Lipinski definition) is 1. The van der Waals surface area contributed by atoms with Crippen molar-refractivity contribution in [1.82, 2.24) is 5.32 Å². The standard InChI is InChI=1S/C18H29NOS/c1-4-10-19-16(13-21-14(2)3)12-18-17-8-6-5-7-15(17)9-11-20-18/h5-8,14,16,18-19H,4,9-13H2,1-3H3. The van der Waals surface area contributed by atoms with Crippen LogP contribution in [0.2, 0.25) is 0 Å². The van der Waals surface area contributed by atoms with E-state index in [9.17, 15) is 0 Å². The Bertz CT molecular complexity index is 421. The molecule has 1 N–H and O–H groups in total. The van der Waals surface area contributed by atoms with Crippen molar-refractivity contribution in [3.63, 3.8) is 0 Å². The molecule has 118 valence electrons. The van der Waals surface area contributed by atoms with E-state index in [1.54, 1.807) is 0 Å². The summed E-state index contributed by atoms with van der Waals surface area (Å²) in [6, 6.07) is 9.31. The van der Waals surface area contributed by atoms with Crippen LogP contribution in [0.3, 0.4) is 0 Å². The van der Waals surface area contributed by atoms with Crippen molar-refractivity contribution in [3.8, 4) is 0 Å². The molecule has 21 heavy (non-hydrogen) atoms. The Morgan fingerprint density at radius 3 is 2.90 bits per heavy atom. The molecule has 0 amide bonds. The van der Waals surface area contributed by atoms with Crippen LogP contribution in [0.1, 0.15) is 50.8 Å². The maximum atomic E-state index is 6.07. The van der Waals surface area contributed by atoms with Crippen molar-refractivity contribution >= 4 is 11.8 Å². The van der Waals surface area contributed by atoms with Crippen LogP contribution in [0.15, 0.2) is 24.3 Å². The van der Waals surface area contributed by atoms with E-state index in [1.807, 2.05) is 11.8 Å². The Hall–Kier alpha value is -0.510. The molecule has 0 saturated heterocycles. The van der Waals surface area contributed by atoms with Gasteiger partial charge >= 0.3 is 0 Å². The third-order valence-corrected chi connectivity index (χ3v) is 5.17. The van der Waals surface area contributed by atoms with Crippen molar-refractivity contribution in [2.24, 2.45) is 0 Å². The lowest BCUT2D eigenvalue weighted by Crippen LogP contribution is -2.35. The van der Waals surface area contributed by atoms with Gasteiger partial charge in [-0.15, -0.1) is 0 Å². The summed E-state index contributed by atoms with van der Waals surface area (Å²) in [6.45, 7) is 8.73. The van der Waals surface area contributed by atoms with Crippen LogP contribution in [-0.4, -0.2) is 30.2 Å². The number of rotatable bonds is 8. The van der Waals surface area contributed by atoms with Crippen LogP contribution in [0.25, 0.3) is 0 Å². The van der Waals surface area contributed by atoms with Gasteiger partial charge in [0.05, 0.1) is 12.7 Å². The quantitative estimate of drug-likeness (QED) is 0.777. The molecule has 1 heterocycles. The van der Waals surface area contributed by atoms with Crippen molar-refractivity contribution in [3.05, 3.63) is 35.4 Å². The average Bonchev–Trinajstić information content (AvgIpc) is 2.50. The zero-order chi connectivity index (χ0) is 15.1. The van der Waals surface area contributed by atoms with Crippen LogP contribution >= 0.6 is 11.8 Å². The highest BCUT2D eigenvalue weighted by atomic mass is 32.2. The predicted molar refractivity (Wildman–Crippen MR) is 93.1 cm³/mol. The summed E-state index contributed by atoms with van der Waals surface area (Å²) < 4.78 is 6.07. The Labute approximate surface area is 134 Å². The monoisotopic (exact) mass is 307 g/mol. The first-order chi connectivity index (χ1) is 10.2. The van der Waals surface area contributed by atoms with E-state index >= 15 is 0 Å². The van der Waals surface area contributed by atoms with Crippen LogP contribution < -0.4 is 5.32 Å². The largest absolute Gasteiger partial charge is 0.373 e. The molecule has 0 saturated carbocycles. The maximum Gasteiger partial charge on any atom is 0.0842 e. The van der Waals surface area contributed by atoms with Gasteiger partial charge in [0.1, 0.15) is 0 Å². The number of thioether (sulfide) groups is 1. The first kappa shape index (κ1) is 16.9. The highest BCUT2D eigenvalue weighted by molar-refractivity contribution is 7.99. The third kappa shape index (κ3) is 5.32. The van der Waals surface area contributed by atoms with E-state index in [2.05, 4.69) is 50.4 Å². The fourth-order valence-electron chi connectivity index (χ4n) is 2.80. The Balaban J connectivity index is 1.99. The van der Waals surface area contributed by atoms with Crippen LogP contribution in [0.4, 0.5) is 0 Å². The van der Waals surface area contributed by atoms with E-state index < -0.39 is 0 Å². The highest BCUT2D eigenvalue weighted by Crippen LogP contribution is 2.31.